The number of nitrogens with one attached hydrogen (secondary N) is 2. The smallest absolute Gasteiger partial charge is 0.253 e. The van der Waals surface area contributed by atoms with Gasteiger partial charge in [-0.15, -0.1) is 0 Å². The Kier molecular flexibility index (Phi) is 8.88. The summed E-state index contributed by atoms with van der Waals surface area (Å²) in [5.41, 5.74) is 0.975. The Balaban J connectivity index is 2.32. The molecule has 0 heterocycles. The molecule has 2 amide bonds. The lowest BCUT2D eigenvalue weighted by atomic mass is 10.1. The van der Waals surface area contributed by atoms with Crippen molar-refractivity contribution in [1.29, 1.82) is 0 Å². The second kappa shape index (κ2) is 11.2. The molecule has 0 spiro atoms. The number of hydrogen-bond donors (Lipinski definition) is 2. The summed E-state index contributed by atoms with van der Waals surface area (Å²) in [6.07, 6.45) is 3.07. The highest BCUT2D eigenvalue weighted by molar-refractivity contribution is 7.92. The van der Waals surface area contributed by atoms with Crippen LogP contribution in [0.5, 0.6) is 0 Å². The third kappa shape index (κ3) is 6.70. The lowest BCUT2D eigenvalue weighted by molar-refractivity contribution is -0.117. The van der Waals surface area contributed by atoms with Crippen molar-refractivity contribution in [3.05, 3.63) is 59.1 Å². The fraction of sp³-hybridized carbons (Fsp3) is 0.364. The summed E-state index contributed by atoms with van der Waals surface area (Å²) >= 11 is 5.92. The van der Waals surface area contributed by atoms with E-state index in [9.17, 15) is 18.0 Å². The molecule has 1 unspecified atom stereocenters. The van der Waals surface area contributed by atoms with Gasteiger partial charge in [-0.3, -0.25) is 13.9 Å². The Bertz CT molecular complexity index is 1010. The maximum Gasteiger partial charge on any atom is 0.253 e. The molecule has 2 aromatic rings. The van der Waals surface area contributed by atoms with Crippen LogP contribution in [0.25, 0.3) is 0 Å². The monoisotopic (exact) mass is 465 g/mol. The van der Waals surface area contributed by atoms with E-state index in [2.05, 4.69) is 10.6 Å². The molecule has 0 fully saturated rings. The molecule has 0 aliphatic heterocycles. The summed E-state index contributed by atoms with van der Waals surface area (Å²) in [5.74, 6) is -0.827. The van der Waals surface area contributed by atoms with Gasteiger partial charge in [0.2, 0.25) is 15.9 Å². The number of hydrogen-bond acceptors (Lipinski definition) is 4. The summed E-state index contributed by atoms with van der Waals surface area (Å²) in [7, 11) is -3.77. The molecule has 2 aromatic carbocycles. The maximum absolute atomic E-state index is 13.1. The first-order valence-corrected chi connectivity index (χ1v) is 12.3. The number of carbonyl (C=O) groups is 2. The topological polar surface area (TPSA) is 95.6 Å². The van der Waals surface area contributed by atoms with E-state index in [-0.39, 0.29) is 12.3 Å². The lowest BCUT2D eigenvalue weighted by Gasteiger charge is -2.30. The summed E-state index contributed by atoms with van der Waals surface area (Å²) in [5, 5.41) is 6.02. The summed E-state index contributed by atoms with van der Waals surface area (Å²) in [4.78, 5) is 25.7. The summed E-state index contributed by atoms with van der Waals surface area (Å²) in [6.45, 7) is 4.29. The number of nitrogens with zero attached hydrogens (tertiary/aromatic N) is 1. The molecule has 168 valence electrons. The highest BCUT2D eigenvalue weighted by Gasteiger charge is 2.32. The molecule has 0 bridgehead atoms. The highest BCUT2D eigenvalue weighted by Crippen LogP contribution is 2.25. The van der Waals surface area contributed by atoms with Gasteiger partial charge >= 0.3 is 0 Å². The molecule has 2 rings (SSSR count). The van der Waals surface area contributed by atoms with Crippen molar-refractivity contribution in [3.8, 4) is 0 Å². The fourth-order valence-electron chi connectivity index (χ4n) is 3.13. The van der Waals surface area contributed by atoms with E-state index in [1.54, 1.807) is 55.5 Å². The zero-order valence-electron chi connectivity index (χ0n) is 17.9. The van der Waals surface area contributed by atoms with Gasteiger partial charge < -0.3 is 10.6 Å². The van der Waals surface area contributed by atoms with Gasteiger partial charge in [0.1, 0.15) is 6.04 Å². The normalized spacial score (nSPS) is 12.1. The minimum Gasteiger partial charge on any atom is -0.352 e. The van der Waals surface area contributed by atoms with Crippen LogP contribution in [0, 0.1) is 0 Å². The SMILES string of the molecule is CCCCNC(=O)c1ccccc1NC(=O)C(CC)N(c1ccc(Cl)cc1)S(C)(=O)=O. The molecule has 31 heavy (non-hydrogen) atoms. The van der Waals surface area contributed by atoms with Gasteiger partial charge in [-0.25, -0.2) is 8.42 Å². The first kappa shape index (κ1) is 24.7. The molecule has 0 aromatic heterocycles. The Labute approximate surface area is 188 Å². The second-order valence-corrected chi connectivity index (χ2v) is 9.40. The molecule has 7 nitrogen and oxygen atoms in total. The van der Waals surface area contributed by atoms with Crippen molar-refractivity contribution in [3.63, 3.8) is 0 Å². The van der Waals surface area contributed by atoms with Crippen LogP contribution in [0.3, 0.4) is 0 Å². The third-order valence-corrected chi connectivity index (χ3v) is 6.09. The van der Waals surface area contributed by atoms with Gasteiger partial charge in [-0.1, -0.05) is 44.0 Å². The molecule has 2 N–H and O–H groups in total. The number of amides is 2. The van der Waals surface area contributed by atoms with E-state index < -0.39 is 22.0 Å². The molecule has 9 heteroatoms. The van der Waals surface area contributed by atoms with Crippen molar-refractivity contribution >= 4 is 44.8 Å². The summed E-state index contributed by atoms with van der Waals surface area (Å²) in [6, 6.07) is 11.9. The second-order valence-electron chi connectivity index (χ2n) is 7.10. The van der Waals surface area contributed by atoms with E-state index >= 15 is 0 Å². The largest absolute Gasteiger partial charge is 0.352 e. The Hall–Kier alpha value is -2.58. The van der Waals surface area contributed by atoms with Crippen LogP contribution in [-0.4, -0.2) is 39.1 Å². The van der Waals surface area contributed by atoms with E-state index in [0.717, 1.165) is 23.4 Å². The average Bonchev–Trinajstić information content (AvgIpc) is 2.72. The van der Waals surface area contributed by atoms with Gasteiger partial charge in [0, 0.05) is 11.6 Å². The number of halogens is 1. The van der Waals surface area contributed by atoms with Crippen molar-refractivity contribution in [2.75, 3.05) is 22.4 Å². The standard InChI is InChI=1S/C22H28ClN3O4S/c1-4-6-15-24-21(27)18-9-7-8-10-19(18)25-22(28)20(5-2)26(31(3,29)30)17-13-11-16(23)12-14-17/h7-14,20H,4-6,15H2,1-3H3,(H,24,27)(H,25,28). The van der Waals surface area contributed by atoms with Crippen LogP contribution in [0.4, 0.5) is 11.4 Å². The number of rotatable bonds is 10. The van der Waals surface area contributed by atoms with Gasteiger partial charge in [0.05, 0.1) is 23.2 Å². The summed E-state index contributed by atoms with van der Waals surface area (Å²) < 4.78 is 26.2. The predicted molar refractivity (Wildman–Crippen MR) is 125 cm³/mol. The maximum atomic E-state index is 13.1. The van der Waals surface area contributed by atoms with E-state index in [1.165, 1.54) is 0 Å². The molecular weight excluding hydrogens is 438 g/mol. The van der Waals surface area contributed by atoms with Crippen LogP contribution in [0.2, 0.25) is 5.02 Å². The van der Waals surface area contributed by atoms with E-state index in [1.807, 2.05) is 6.92 Å². The Morgan fingerprint density at radius 2 is 1.71 bits per heavy atom. The van der Waals surface area contributed by atoms with E-state index in [0.29, 0.717) is 28.5 Å². The van der Waals surface area contributed by atoms with Crippen molar-refractivity contribution in [2.45, 2.75) is 39.2 Å². The van der Waals surface area contributed by atoms with Crippen LogP contribution >= 0.6 is 11.6 Å². The number of carbonyl (C=O) groups excluding carboxylic acids is 2. The van der Waals surface area contributed by atoms with Crippen molar-refractivity contribution in [2.24, 2.45) is 0 Å². The number of para-hydroxylation sites is 1. The number of benzene rings is 2. The van der Waals surface area contributed by atoms with E-state index in [4.69, 9.17) is 11.6 Å². The molecule has 0 saturated carbocycles. The zero-order valence-corrected chi connectivity index (χ0v) is 19.5. The van der Waals surface area contributed by atoms with Crippen LogP contribution in [0.1, 0.15) is 43.5 Å². The molecule has 1 atom stereocenters. The number of anilines is 2. The Morgan fingerprint density at radius 3 is 2.29 bits per heavy atom. The van der Waals surface area contributed by atoms with Gasteiger partial charge in [0.25, 0.3) is 5.91 Å². The predicted octanol–water partition coefficient (Wildman–Crippen LogP) is 4.05. The molecular formula is C22H28ClN3O4S. The average molecular weight is 466 g/mol. The zero-order chi connectivity index (χ0) is 23.0. The Morgan fingerprint density at radius 1 is 1.06 bits per heavy atom. The highest BCUT2D eigenvalue weighted by atomic mass is 35.5. The first-order valence-electron chi connectivity index (χ1n) is 10.1. The van der Waals surface area contributed by atoms with Crippen LogP contribution in [-0.2, 0) is 14.8 Å². The van der Waals surface area contributed by atoms with Gasteiger partial charge in [-0.2, -0.15) is 0 Å². The third-order valence-electron chi connectivity index (χ3n) is 4.66. The van der Waals surface area contributed by atoms with Gasteiger partial charge in [0.15, 0.2) is 0 Å². The minimum absolute atomic E-state index is 0.229. The first-order chi connectivity index (χ1) is 14.7. The number of sulfonamides is 1. The van der Waals surface area contributed by atoms with Crippen molar-refractivity contribution < 1.29 is 18.0 Å². The fourth-order valence-corrected chi connectivity index (χ4v) is 4.47. The lowest BCUT2D eigenvalue weighted by Crippen LogP contribution is -2.47. The number of unbranched alkanes of at least 4 members (excludes halogenated alkanes) is 1. The minimum atomic E-state index is -3.77. The van der Waals surface area contributed by atoms with Crippen LogP contribution < -0.4 is 14.9 Å². The van der Waals surface area contributed by atoms with Gasteiger partial charge in [-0.05, 0) is 49.2 Å². The van der Waals surface area contributed by atoms with Crippen LogP contribution in [0.15, 0.2) is 48.5 Å². The molecule has 0 aliphatic rings. The molecule has 0 aliphatic carbocycles. The molecule has 0 saturated heterocycles. The van der Waals surface area contributed by atoms with Crippen molar-refractivity contribution in [1.82, 2.24) is 5.32 Å². The quantitative estimate of drug-likeness (QED) is 0.517. The molecule has 0 radical (unpaired) electrons.